The largest absolute Gasteiger partial charge is 0.396 e. The summed E-state index contributed by atoms with van der Waals surface area (Å²) < 4.78 is 18.6. The number of nitrogen functional groups attached to an aromatic ring is 1. The molecule has 136 valence electrons. The normalized spacial score (nSPS) is 23.3. The van der Waals surface area contributed by atoms with Crippen LogP contribution in [0.3, 0.4) is 0 Å². The molecule has 2 aromatic rings. The molecule has 25 heavy (non-hydrogen) atoms. The van der Waals surface area contributed by atoms with Crippen LogP contribution in [-0.4, -0.2) is 56.8 Å². The van der Waals surface area contributed by atoms with Gasteiger partial charge in [-0.25, -0.2) is 4.98 Å². The number of aromatic nitrogens is 4. The Morgan fingerprint density at radius 2 is 2.44 bits per heavy atom. The maximum atomic E-state index is 11.9. The monoisotopic (exact) mass is 351 g/mol. The number of H-pyrrole nitrogens is 1. The lowest BCUT2D eigenvalue weighted by Gasteiger charge is -2.17. The second kappa shape index (κ2) is 7.74. The topological polar surface area (TPSA) is 138 Å². The van der Waals surface area contributed by atoms with Crippen LogP contribution in [-0.2, 0) is 14.2 Å². The van der Waals surface area contributed by atoms with Crippen molar-refractivity contribution in [2.24, 2.45) is 0 Å². The second-order valence-corrected chi connectivity index (χ2v) is 5.63. The van der Waals surface area contributed by atoms with E-state index in [2.05, 4.69) is 21.5 Å². The van der Waals surface area contributed by atoms with E-state index in [0.717, 1.165) is 0 Å². The van der Waals surface area contributed by atoms with Crippen molar-refractivity contribution in [3.05, 3.63) is 29.3 Å². The predicted molar refractivity (Wildman–Crippen MR) is 88.7 cm³/mol. The average molecular weight is 351 g/mol. The van der Waals surface area contributed by atoms with Crippen LogP contribution in [0, 0.1) is 0 Å². The van der Waals surface area contributed by atoms with E-state index >= 15 is 0 Å². The number of fused-ring (bicyclic) bond motifs is 1. The van der Waals surface area contributed by atoms with Crippen molar-refractivity contribution in [3.63, 3.8) is 0 Å². The Labute approximate surface area is 143 Å². The third-order valence-corrected chi connectivity index (χ3v) is 3.96. The molecular weight excluding hydrogens is 330 g/mol. The molecule has 2 aromatic heterocycles. The summed E-state index contributed by atoms with van der Waals surface area (Å²) in [6.45, 7) is 4.03. The number of aliphatic hydroxyl groups is 1. The van der Waals surface area contributed by atoms with Gasteiger partial charge in [-0.3, -0.25) is 14.3 Å². The van der Waals surface area contributed by atoms with Gasteiger partial charge in [-0.1, -0.05) is 6.08 Å². The maximum absolute atomic E-state index is 11.9. The molecule has 0 amide bonds. The Morgan fingerprint density at radius 1 is 1.60 bits per heavy atom. The van der Waals surface area contributed by atoms with E-state index < -0.39 is 11.8 Å². The number of anilines is 1. The van der Waals surface area contributed by atoms with Crippen molar-refractivity contribution < 1.29 is 19.3 Å². The van der Waals surface area contributed by atoms with Gasteiger partial charge in [0.05, 0.1) is 25.1 Å². The maximum Gasteiger partial charge on any atom is 0.280 e. The number of nitrogens with one attached hydrogen (secondary N) is 1. The van der Waals surface area contributed by atoms with Gasteiger partial charge < -0.3 is 25.1 Å². The Hall–Kier alpha value is -2.27. The molecule has 3 atom stereocenters. The molecule has 1 aliphatic rings. The van der Waals surface area contributed by atoms with E-state index in [4.69, 9.17) is 19.9 Å². The van der Waals surface area contributed by atoms with E-state index in [1.165, 1.54) is 6.33 Å². The highest BCUT2D eigenvalue weighted by molar-refractivity contribution is 5.70. The highest BCUT2D eigenvalue weighted by Gasteiger charge is 2.37. The van der Waals surface area contributed by atoms with Gasteiger partial charge in [0.2, 0.25) is 5.95 Å². The number of imidazole rings is 1. The number of rotatable bonds is 8. The van der Waals surface area contributed by atoms with Crippen molar-refractivity contribution in [2.45, 2.75) is 31.3 Å². The van der Waals surface area contributed by atoms with E-state index in [1.807, 2.05) is 0 Å². The number of nitrogens with two attached hydrogens (primary N) is 1. The fraction of sp³-hybridized carbons (Fsp3) is 0.533. The molecule has 1 unspecified atom stereocenters. The molecule has 0 aromatic carbocycles. The van der Waals surface area contributed by atoms with Crippen molar-refractivity contribution in [1.82, 2.24) is 19.5 Å². The summed E-state index contributed by atoms with van der Waals surface area (Å²) in [5.41, 5.74) is 5.75. The molecule has 4 N–H and O–H groups in total. The predicted octanol–water partition coefficient (Wildman–Crippen LogP) is -0.0830. The number of nitrogens with zero attached hydrogens (tertiary/aromatic N) is 3. The van der Waals surface area contributed by atoms with E-state index in [0.29, 0.717) is 25.1 Å². The van der Waals surface area contributed by atoms with Crippen molar-refractivity contribution >= 4 is 17.1 Å². The smallest absolute Gasteiger partial charge is 0.280 e. The Bertz CT molecular complexity index is 788. The van der Waals surface area contributed by atoms with Gasteiger partial charge in [0, 0.05) is 13.0 Å². The van der Waals surface area contributed by atoms with E-state index in [9.17, 15) is 9.90 Å². The van der Waals surface area contributed by atoms with Gasteiger partial charge in [0.25, 0.3) is 5.56 Å². The first-order chi connectivity index (χ1) is 12.1. The summed E-state index contributed by atoms with van der Waals surface area (Å²) >= 11 is 0. The molecule has 0 radical (unpaired) electrons. The Morgan fingerprint density at radius 3 is 3.20 bits per heavy atom. The summed E-state index contributed by atoms with van der Waals surface area (Å²) in [7, 11) is 0. The third kappa shape index (κ3) is 3.71. The zero-order chi connectivity index (χ0) is 17.8. The van der Waals surface area contributed by atoms with E-state index in [-0.39, 0.29) is 37.1 Å². The minimum absolute atomic E-state index is 0.00906. The first-order valence-electron chi connectivity index (χ1n) is 7.93. The standard InChI is InChI=1S/C15H21N5O5/c1-2-5-23-8-24-10-6-11(25-9(10)3-4-21)20-7-17-12-13(20)18-15(16)19-14(12)22/h2,7,9-11,21H,1,3-6,8H2,(H3,16,18,19,22)/t9?,10-,11-/m1/s1. The van der Waals surface area contributed by atoms with Crippen LogP contribution in [0.25, 0.3) is 11.2 Å². The lowest BCUT2D eigenvalue weighted by molar-refractivity contribution is -0.108. The second-order valence-electron chi connectivity index (χ2n) is 5.63. The molecule has 0 saturated carbocycles. The molecule has 10 heteroatoms. The molecule has 0 spiro atoms. The third-order valence-electron chi connectivity index (χ3n) is 3.96. The number of ether oxygens (including phenoxy) is 3. The molecule has 0 bridgehead atoms. The Balaban J connectivity index is 1.79. The van der Waals surface area contributed by atoms with Crippen LogP contribution in [0.2, 0.25) is 0 Å². The van der Waals surface area contributed by atoms with Crippen molar-refractivity contribution in [2.75, 3.05) is 25.7 Å². The SMILES string of the molecule is C=CCOCO[C@@H]1C[C@H](n2cnc3c(=O)[nH]c(N)nc32)OC1CCO. The van der Waals surface area contributed by atoms with Gasteiger partial charge in [0.1, 0.15) is 13.0 Å². The van der Waals surface area contributed by atoms with Crippen LogP contribution in [0.15, 0.2) is 23.8 Å². The lowest BCUT2D eigenvalue weighted by atomic mass is 10.1. The summed E-state index contributed by atoms with van der Waals surface area (Å²) in [6.07, 6.45) is 3.04. The highest BCUT2D eigenvalue weighted by atomic mass is 16.7. The number of aromatic amines is 1. The molecule has 1 aliphatic heterocycles. The minimum atomic E-state index is -0.431. The van der Waals surface area contributed by atoms with Crippen LogP contribution in [0.1, 0.15) is 19.1 Å². The minimum Gasteiger partial charge on any atom is -0.396 e. The van der Waals surface area contributed by atoms with Crippen LogP contribution < -0.4 is 11.3 Å². The number of hydrogen-bond acceptors (Lipinski definition) is 8. The summed E-state index contributed by atoms with van der Waals surface area (Å²) in [4.78, 5) is 22.5. The summed E-state index contributed by atoms with van der Waals surface area (Å²) in [5.74, 6) is 0.00906. The van der Waals surface area contributed by atoms with Gasteiger partial charge in [-0.2, -0.15) is 4.98 Å². The van der Waals surface area contributed by atoms with Gasteiger partial charge >= 0.3 is 0 Å². The molecule has 1 fully saturated rings. The average Bonchev–Trinajstić information content (AvgIpc) is 3.16. The highest BCUT2D eigenvalue weighted by Crippen LogP contribution is 2.33. The fourth-order valence-electron chi connectivity index (χ4n) is 2.85. The summed E-state index contributed by atoms with van der Waals surface area (Å²) in [6, 6.07) is 0. The van der Waals surface area contributed by atoms with Crippen LogP contribution in [0.4, 0.5) is 5.95 Å². The van der Waals surface area contributed by atoms with Gasteiger partial charge in [0.15, 0.2) is 11.2 Å². The van der Waals surface area contributed by atoms with Crippen molar-refractivity contribution in [1.29, 1.82) is 0 Å². The van der Waals surface area contributed by atoms with E-state index in [1.54, 1.807) is 10.6 Å². The Kier molecular flexibility index (Phi) is 5.43. The molecular formula is C15H21N5O5. The van der Waals surface area contributed by atoms with Crippen LogP contribution in [0.5, 0.6) is 0 Å². The number of aliphatic hydroxyl groups excluding tert-OH is 1. The quantitative estimate of drug-likeness (QED) is 0.341. The lowest BCUT2D eigenvalue weighted by Crippen LogP contribution is -2.26. The zero-order valence-electron chi connectivity index (χ0n) is 13.6. The molecule has 1 saturated heterocycles. The fourth-order valence-corrected chi connectivity index (χ4v) is 2.85. The van der Waals surface area contributed by atoms with Gasteiger partial charge in [-0.15, -0.1) is 6.58 Å². The van der Waals surface area contributed by atoms with Crippen molar-refractivity contribution in [3.8, 4) is 0 Å². The molecule has 10 nitrogen and oxygen atoms in total. The first-order valence-corrected chi connectivity index (χ1v) is 7.93. The zero-order valence-corrected chi connectivity index (χ0v) is 13.6. The summed E-state index contributed by atoms with van der Waals surface area (Å²) in [5, 5.41) is 9.24. The number of hydrogen-bond donors (Lipinski definition) is 3. The molecule has 0 aliphatic carbocycles. The van der Waals surface area contributed by atoms with Gasteiger partial charge in [-0.05, 0) is 6.42 Å². The first kappa shape index (κ1) is 17.5. The van der Waals surface area contributed by atoms with Crippen LogP contribution >= 0.6 is 0 Å². The molecule has 3 heterocycles. The molecule has 3 rings (SSSR count).